The van der Waals surface area contributed by atoms with E-state index in [4.69, 9.17) is 0 Å². The zero-order valence-electron chi connectivity index (χ0n) is 14.2. The summed E-state index contributed by atoms with van der Waals surface area (Å²) < 4.78 is 53.1. The molecule has 0 saturated carbocycles. The topological polar surface area (TPSA) is 66.4 Å². The van der Waals surface area contributed by atoms with Gasteiger partial charge in [0, 0.05) is 26.2 Å². The Balaban J connectivity index is 1.51. The smallest absolute Gasteiger partial charge is 0.243 e. The highest BCUT2D eigenvalue weighted by atomic mass is 32.2. The number of fused-ring (bicyclic) bond motifs is 1. The minimum Gasteiger partial charge on any atom is -0.353 e. The lowest BCUT2D eigenvalue weighted by Gasteiger charge is -2.34. The molecular formula is C18H16F2N4O2S. The first-order valence-electron chi connectivity index (χ1n) is 8.37. The predicted molar refractivity (Wildman–Crippen MR) is 96.9 cm³/mol. The van der Waals surface area contributed by atoms with Gasteiger partial charge in [0.2, 0.25) is 10.0 Å². The average Bonchev–Trinajstić information content (AvgIpc) is 2.69. The van der Waals surface area contributed by atoms with Gasteiger partial charge in [-0.3, -0.25) is 4.98 Å². The number of hydrogen-bond donors (Lipinski definition) is 0. The van der Waals surface area contributed by atoms with Gasteiger partial charge in [-0.05, 0) is 30.3 Å². The zero-order valence-corrected chi connectivity index (χ0v) is 15.0. The maximum Gasteiger partial charge on any atom is 0.243 e. The zero-order chi connectivity index (χ0) is 19.0. The van der Waals surface area contributed by atoms with Gasteiger partial charge in [0.15, 0.2) is 11.6 Å². The van der Waals surface area contributed by atoms with Gasteiger partial charge >= 0.3 is 0 Å². The van der Waals surface area contributed by atoms with Gasteiger partial charge in [0.25, 0.3) is 0 Å². The molecule has 0 spiro atoms. The molecule has 2 heterocycles. The van der Waals surface area contributed by atoms with E-state index < -0.39 is 21.7 Å². The van der Waals surface area contributed by atoms with Crippen LogP contribution >= 0.6 is 0 Å². The Kier molecular flexibility index (Phi) is 4.48. The Bertz CT molecular complexity index is 1100. The fourth-order valence-electron chi connectivity index (χ4n) is 3.04. The van der Waals surface area contributed by atoms with Crippen LogP contribution in [0.1, 0.15) is 0 Å². The maximum atomic E-state index is 13.4. The number of sulfonamides is 1. The summed E-state index contributed by atoms with van der Waals surface area (Å²) in [6, 6.07) is 10.1. The van der Waals surface area contributed by atoms with Crippen LogP contribution in [0.15, 0.2) is 53.6 Å². The number of para-hydroxylation sites is 2. The highest BCUT2D eigenvalue weighted by Crippen LogP contribution is 2.22. The molecule has 1 saturated heterocycles. The third kappa shape index (κ3) is 3.35. The Morgan fingerprint density at radius 1 is 0.889 bits per heavy atom. The molecule has 0 radical (unpaired) electrons. The summed E-state index contributed by atoms with van der Waals surface area (Å²) in [5.74, 6) is -1.58. The first-order valence-corrected chi connectivity index (χ1v) is 9.81. The molecule has 0 bridgehead atoms. The van der Waals surface area contributed by atoms with E-state index in [1.165, 1.54) is 4.31 Å². The van der Waals surface area contributed by atoms with Crippen molar-refractivity contribution in [3.05, 3.63) is 60.3 Å². The Hall–Kier alpha value is -2.65. The van der Waals surface area contributed by atoms with Crippen LogP contribution in [-0.2, 0) is 10.0 Å². The number of rotatable bonds is 3. The van der Waals surface area contributed by atoms with Crippen LogP contribution in [0.4, 0.5) is 14.6 Å². The molecule has 9 heteroatoms. The van der Waals surface area contributed by atoms with Crippen molar-refractivity contribution in [3.8, 4) is 0 Å². The van der Waals surface area contributed by atoms with E-state index in [0.29, 0.717) is 25.0 Å². The summed E-state index contributed by atoms with van der Waals surface area (Å²) in [5.41, 5.74) is 1.56. The minimum absolute atomic E-state index is 0.218. The molecule has 4 rings (SSSR count). The summed E-state index contributed by atoms with van der Waals surface area (Å²) in [7, 11) is -3.88. The maximum absolute atomic E-state index is 13.4. The molecular weight excluding hydrogens is 374 g/mol. The summed E-state index contributed by atoms with van der Waals surface area (Å²) >= 11 is 0. The molecule has 1 fully saturated rings. The van der Waals surface area contributed by atoms with Crippen molar-refractivity contribution in [2.75, 3.05) is 31.1 Å². The van der Waals surface area contributed by atoms with Gasteiger partial charge in [0.1, 0.15) is 5.82 Å². The molecule has 0 amide bonds. The summed E-state index contributed by atoms with van der Waals surface area (Å²) in [6.07, 6.45) is 1.67. The second-order valence-electron chi connectivity index (χ2n) is 6.18. The third-order valence-electron chi connectivity index (χ3n) is 4.53. The summed E-state index contributed by atoms with van der Waals surface area (Å²) in [5, 5.41) is 0. The van der Waals surface area contributed by atoms with Crippen molar-refractivity contribution in [1.29, 1.82) is 0 Å². The van der Waals surface area contributed by atoms with E-state index >= 15 is 0 Å². The summed E-state index contributed by atoms with van der Waals surface area (Å²) in [6.45, 7) is 1.29. The molecule has 27 heavy (non-hydrogen) atoms. The SMILES string of the molecule is O=S(=O)(c1ccc(F)c(F)c1)N1CCN(c2cnc3ccccc3n2)CC1. The van der Waals surface area contributed by atoms with Crippen molar-refractivity contribution in [1.82, 2.24) is 14.3 Å². The quantitative estimate of drug-likeness (QED) is 0.687. The van der Waals surface area contributed by atoms with Crippen molar-refractivity contribution in [2.45, 2.75) is 4.90 Å². The Morgan fingerprint density at radius 3 is 2.30 bits per heavy atom. The van der Waals surface area contributed by atoms with Crippen LogP contribution in [0.2, 0.25) is 0 Å². The highest BCUT2D eigenvalue weighted by Gasteiger charge is 2.29. The largest absolute Gasteiger partial charge is 0.353 e. The van der Waals surface area contributed by atoms with Crippen LogP contribution in [0, 0.1) is 11.6 Å². The van der Waals surface area contributed by atoms with Crippen LogP contribution in [0.25, 0.3) is 11.0 Å². The first kappa shape index (κ1) is 17.7. The summed E-state index contributed by atoms with van der Waals surface area (Å²) in [4.78, 5) is 10.7. The van der Waals surface area contributed by atoms with E-state index in [1.54, 1.807) is 6.20 Å². The highest BCUT2D eigenvalue weighted by molar-refractivity contribution is 7.89. The fourth-order valence-corrected chi connectivity index (χ4v) is 4.48. The Labute approximate surface area is 155 Å². The molecule has 0 N–H and O–H groups in total. The van der Waals surface area contributed by atoms with Crippen molar-refractivity contribution in [3.63, 3.8) is 0 Å². The van der Waals surface area contributed by atoms with Gasteiger partial charge in [-0.1, -0.05) is 12.1 Å². The molecule has 1 aliphatic heterocycles. The van der Waals surface area contributed by atoms with Crippen molar-refractivity contribution in [2.24, 2.45) is 0 Å². The molecule has 6 nitrogen and oxygen atoms in total. The van der Waals surface area contributed by atoms with Crippen LogP contribution in [-0.4, -0.2) is 48.9 Å². The van der Waals surface area contributed by atoms with Gasteiger partial charge in [-0.15, -0.1) is 0 Å². The normalized spacial score (nSPS) is 16.0. The van der Waals surface area contributed by atoms with Gasteiger partial charge in [-0.25, -0.2) is 22.2 Å². The van der Waals surface area contributed by atoms with Gasteiger partial charge < -0.3 is 4.90 Å². The van der Waals surface area contributed by atoms with Gasteiger partial charge in [0.05, 0.1) is 22.1 Å². The van der Waals surface area contributed by atoms with E-state index in [9.17, 15) is 17.2 Å². The second-order valence-corrected chi connectivity index (χ2v) is 8.12. The van der Waals surface area contributed by atoms with E-state index in [-0.39, 0.29) is 18.0 Å². The monoisotopic (exact) mass is 390 g/mol. The van der Waals surface area contributed by atoms with Crippen molar-refractivity contribution < 1.29 is 17.2 Å². The first-order chi connectivity index (χ1) is 12.9. The van der Waals surface area contributed by atoms with E-state index in [1.807, 2.05) is 29.2 Å². The van der Waals surface area contributed by atoms with Crippen LogP contribution in [0.3, 0.4) is 0 Å². The second kappa shape index (κ2) is 6.82. The molecule has 0 unspecified atom stereocenters. The average molecular weight is 390 g/mol. The standard InChI is InChI=1S/C18H16F2N4O2S/c19-14-6-5-13(11-15(14)20)27(25,26)24-9-7-23(8-10-24)18-12-21-16-3-1-2-4-17(16)22-18/h1-6,11-12H,7-10H2. The number of piperazine rings is 1. The number of nitrogens with zero attached hydrogens (tertiary/aromatic N) is 4. The number of halogens is 2. The van der Waals surface area contributed by atoms with Gasteiger partial charge in [-0.2, -0.15) is 4.31 Å². The number of hydrogen-bond acceptors (Lipinski definition) is 5. The van der Waals surface area contributed by atoms with Crippen LogP contribution < -0.4 is 4.90 Å². The molecule has 3 aromatic rings. The van der Waals surface area contributed by atoms with E-state index in [2.05, 4.69) is 9.97 Å². The minimum atomic E-state index is -3.88. The van der Waals surface area contributed by atoms with Crippen molar-refractivity contribution >= 4 is 26.9 Å². The lowest BCUT2D eigenvalue weighted by molar-refractivity contribution is 0.383. The molecule has 1 aliphatic rings. The fraction of sp³-hybridized carbons (Fsp3) is 0.222. The molecule has 140 valence electrons. The third-order valence-corrected chi connectivity index (χ3v) is 6.42. The molecule has 0 atom stereocenters. The number of aromatic nitrogens is 2. The predicted octanol–water partition coefficient (Wildman–Crippen LogP) is 2.42. The molecule has 1 aromatic heterocycles. The lowest BCUT2D eigenvalue weighted by Crippen LogP contribution is -2.49. The lowest BCUT2D eigenvalue weighted by atomic mass is 10.3. The van der Waals surface area contributed by atoms with E-state index in [0.717, 1.165) is 23.2 Å². The number of anilines is 1. The van der Waals surface area contributed by atoms with Crippen LogP contribution in [0.5, 0.6) is 0 Å². The molecule has 0 aliphatic carbocycles. The molecule has 2 aromatic carbocycles. The Morgan fingerprint density at radius 2 is 1.59 bits per heavy atom. The number of benzene rings is 2.